The van der Waals surface area contributed by atoms with Gasteiger partial charge in [-0.3, -0.25) is 4.79 Å². The monoisotopic (exact) mass is 175 g/mol. The molecule has 65 valence electrons. The third-order valence-corrected chi connectivity index (χ3v) is 1.82. The summed E-state index contributed by atoms with van der Waals surface area (Å²) in [4.78, 5) is 14.9. The first kappa shape index (κ1) is 8.10. The van der Waals surface area contributed by atoms with Crippen molar-refractivity contribution in [1.29, 1.82) is 0 Å². The van der Waals surface area contributed by atoms with Gasteiger partial charge in [-0.15, -0.1) is 0 Å². The molecule has 1 aliphatic heterocycles. The van der Waals surface area contributed by atoms with Gasteiger partial charge in [-0.1, -0.05) is 12.3 Å². The van der Waals surface area contributed by atoms with Crippen molar-refractivity contribution in [3.63, 3.8) is 0 Å². The van der Waals surface area contributed by atoms with Crippen LogP contribution in [0.1, 0.15) is 0 Å². The van der Waals surface area contributed by atoms with Crippen LogP contribution in [0.4, 0.5) is 5.82 Å². The first-order chi connectivity index (χ1) is 6.29. The number of nitrogens with zero attached hydrogens (tertiary/aromatic N) is 1. The standard InChI is InChI=1S/C8H8BN2O2/c1-9-5-2-6-8(10-3-5)11-7(12)4-13-6/h2-3H,4H2,1H3,(H,10,11,12). The molecule has 4 nitrogen and oxygen atoms in total. The molecule has 0 aliphatic carbocycles. The van der Waals surface area contributed by atoms with Crippen molar-refractivity contribution >= 4 is 24.5 Å². The molecule has 0 saturated carbocycles. The number of rotatable bonds is 1. The number of anilines is 1. The molecule has 1 N–H and O–H groups in total. The minimum Gasteiger partial charge on any atom is -0.480 e. The highest BCUT2D eigenvalue weighted by molar-refractivity contribution is 6.51. The Morgan fingerprint density at radius 3 is 3.31 bits per heavy atom. The average Bonchev–Trinajstić information content (AvgIpc) is 2.17. The zero-order valence-electron chi connectivity index (χ0n) is 7.20. The van der Waals surface area contributed by atoms with E-state index in [0.717, 1.165) is 5.46 Å². The summed E-state index contributed by atoms with van der Waals surface area (Å²) in [5.74, 6) is 0.977. The van der Waals surface area contributed by atoms with E-state index in [4.69, 9.17) is 4.74 Å². The predicted molar refractivity (Wildman–Crippen MR) is 49.6 cm³/mol. The van der Waals surface area contributed by atoms with Crippen molar-refractivity contribution in [2.45, 2.75) is 6.82 Å². The van der Waals surface area contributed by atoms with E-state index in [2.05, 4.69) is 10.3 Å². The Morgan fingerprint density at radius 1 is 1.69 bits per heavy atom. The highest BCUT2D eigenvalue weighted by Crippen LogP contribution is 2.22. The molecule has 0 fully saturated rings. The van der Waals surface area contributed by atoms with Crippen molar-refractivity contribution in [3.05, 3.63) is 12.3 Å². The summed E-state index contributed by atoms with van der Waals surface area (Å²) in [6, 6.07) is 1.85. The van der Waals surface area contributed by atoms with E-state index in [9.17, 15) is 4.79 Å². The van der Waals surface area contributed by atoms with Crippen molar-refractivity contribution < 1.29 is 9.53 Å². The quantitative estimate of drug-likeness (QED) is 0.600. The van der Waals surface area contributed by atoms with Crippen LogP contribution >= 0.6 is 0 Å². The lowest BCUT2D eigenvalue weighted by Crippen LogP contribution is -2.27. The summed E-state index contributed by atoms with van der Waals surface area (Å²) in [6.45, 7) is 1.99. The lowest BCUT2D eigenvalue weighted by Gasteiger charge is -2.16. The molecule has 1 radical (unpaired) electrons. The van der Waals surface area contributed by atoms with E-state index in [1.165, 1.54) is 0 Å². The second kappa shape index (κ2) is 3.09. The van der Waals surface area contributed by atoms with Crippen molar-refractivity contribution in [2.24, 2.45) is 0 Å². The van der Waals surface area contributed by atoms with Crippen LogP contribution in [0.25, 0.3) is 0 Å². The van der Waals surface area contributed by atoms with Gasteiger partial charge < -0.3 is 10.1 Å². The van der Waals surface area contributed by atoms with E-state index >= 15 is 0 Å². The number of carbonyl (C=O) groups excluding carboxylic acids is 1. The molecular weight excluding hydrogens is 167 g/mol. The third kappa shape index (κ3) is 1.49. The molecule has 2 heterocycles. The summed E-state index contributed by atoms with van der Waals surface area (Å²) in [5, 5.41) is 2.62. The Balaban J connectivity index is 2.36. The van der Waals surface area contributed by atoms with Gasteiger partial charge in [0.2, 0.25) is 0 Å². The summed E-state index contributed by atoms with van der Waals surface area (Å²) in [7, 11) is 1.92. The number of pyridine rings is 1. The number of carbonyl (C=O) groups is 1. The molecule has 5 heteroatoms. The van der Waals surface area contributed by atoms with Crippen LogP contribution in [0.2, 0.25) is 6.82 Å². The zero-order valence-corrected chi connectivity index (χ0v) is 7.20. The molecule has 1 aromatic rings. The van der Waals surface area contributed by atoms with Crippen LogP contribution in [-0.4, -0.2) is 24.8 Å². The SMILES string of the molecule is C[B]c1cnc2c(c1)OCC(=O)N2. The zero-order chi connectivity index (χ0) is 9.26. The molecule has 1 aromatic heterocycles. The van der Waals surface area contributed by atoms with Crippen molar-refractivity contribution in [3.8, 4) is 5.75 Å². The number of fused-ring (bicyclic) bond motifs is 1. The largest absolute Gasteiger partial charge is 0.480 e. The van der Waals surface area contributed by atoms with Gasteiger partial charge in [-0.05, 0) is 6.07 Å². The van der Waals surface area contributed by atoms with E-state index in [1.54, 1.807) is 6.20 Å². The summed E-state index contributed by atoms with van der Waals surface area (Å²) in [5.41, 5.74) is 0.981. The Kier molecular flexibility index (Phi) is 1.92. The first-order valence-corrected chi connectivity index (χ1v) is 4.01. The molecule has 1 aliphatic rings. The van der Waals surface area contributed by atoms with Gasteiger partial charge in [0.15, 0.2) is 25.5 Å². The minimum absolute atomic E-state index is 0.0713. The van der Waals surface area contributed by atoms with Crippen LogP contribution in [0.15, 0.2) is 12.3 Å². The second-order valence-electron chi connectivity index (χ2n) is 2.74. The van der Waals surface area contributed by atoms with E-state index in [-0.39, 0.29) is 12.5 Å². The van der Waals surface area contributed by atoms with Crippen molar-refractivity contribution in [2.75, 3.05) is 11.9 Å². The van der Waals surface area contributed by atoms with Crippen LogP contribution in [0, 0.1) is 0 Å². The van der Waals surface area contributed by atoms with Gasteiger partial charge in [-0.2, -0.15) is 0 Å². The average molecular weight is 175 g/mol. The Bertz CT molecular complexity index is 354. The van der Waals surface area contributed by atoms with Crippen LogP contribution in [0.5, 0.6) is 5.75 Å². The molecule has 2 rings (SSSR count). The molecule has 0 unspecified atom stereocenters. The topological polar surface area (TPSA) is 51.2 Å². The van der Waals surface area contributed by atoms with E-state index in [1.807, 2.05) is 20.2 Å². The highest BCUT2D eigenvalue weighted by atomic mass is 16.5. The Labute approximate surface area is 76.6 Å². The van der Waals surface area contributed by atoms with Gasteiger partial charge in [0, 0.05) is 6.20 Å². The number of hydrogen-bond donors (Lipinski definition) is 1. The fraction of sp³-hybridized carbons (Fsp3) is 0.250. The van der Waals surface area contributed by atoms with Gasteiger partial charge in [-0.25, -0.2) is 4.98 Å². The Morgan fingerprint density at radius 2 is 2.54 bits per heavy atom. The number of hydrogen-bond acceptors (Lipinski definition) is 3. The maximum absolute atomic E-state index is 10.9. The fourth-order valence-corrected chi connectivity index (χ4v) is 1.13. The molecule has 0 aromatic carbocycles. The number of aromatic nitrogens is 1. The number of ether oxygens (including phenoxy) is 1. The fourth-order valence-electron chi connectivity index (χ4n) is 1.13. The second-order valence-corrected chi connectivity index (χ2v) is 2.74. The van der Waals surface area contributed by atoms with Gasteiger partial charge in [0.1, 0.15) is 0 Å². The molecular formula is C8H8BN2O2. The molecule has 0 bridgehead atoms. The minimum atomic E-state index is -0.159. The smallest absolute Gasteiger partial charge is 0.263 e. The predicted octanol–water partition coefficient (Wildman–Crippen LogP) is -0.210. The summed E-state index contributed by atoms with van der Waals surface area (Å²) < 4.78 is 5.18. The highest BCUT2D eigenvalue weighted by Gasteiger charge is 2.16. The maximum atomic E-state index is 10.9. The van der Waals surface area contributed by atoms with Crippen LogP contribution < -0.4 is 15.5 Å². The normalized spacial score (nSPS) is 14.1. The summed E-state index contributed by atoms with van der Waals surface area (Å²) >= 11 is 0. The molecule has 13 heavy (non-hydrogen) atoms. The first-order valence-electron chi connectivity index (χ1n) is 4.01. The Hall–Kier alpha value is -1.52. The molecule has 0 saturated heterocycles. The molecule has 0 atom stereocenters. The molecule has 0 spiro atoms. The number of nitrogens with one attached hydrogen (secondary N) is 1. The lowest BCUT2D eigenvalue weighted by atomic mass is 9.74. The van der Waals surface area contributed by atoms with Crippen LogP contribution in [0.3, 0.4) is 0 Å². The van der Waals surface area contributed by atoms with Crippen LogP contribution in [-0.2, 0) is 4.79 Å². The third-order valence-electron chi connectivity index (χ3n) is 1.82. The molecule has 1 amide bonds. The van der Waals surface area contributed by atoms with E-state index in [0.29, 0.717) is 11.6 Å². The number of amides is 1. The van der Waals surface area contributed by atoms with Gasteiger partial charge >= 0.3 is 0 Å². The van der Waals surface area contributed by atoms with Crippen molar-refractivity contribution in [1.82, 2.24) is 4.98 Å². The van der Waals surface area contributed by atoms with Gasteiger partial charge in [0.05, 0.1) is 0 Å². The summed E-state index contributed by atoms with van der Waals surface area (Å²) in [6.07, 6.45) is 1.69. The lowest BCUT2D eigenvalue weighted by molar-refractivity contribution is -0.118. The van der Waals surface area contributed by atoms with Gasteiger partial charge in [0.25, 0.3) is 5.91 Å². The maximum Gasteiger partial charge on any atom is 0.263 e. The van der Waals surface area contributed by atoms with E-state index < -0.39 is 0 Å².